The zero-order chi connectivity index (χ0) is 18.1. The van der Waals surface area contributed by atoms with Crippen LogP contribution in [-0.4, -0.2) is 33.5 Å². The van der Waals surface area contributed by atoms with Crippen LogP contribution in [0.2, 0.25) is 0 Å². The third-order valence-electron chi connectivity index (χ3n) is 5.20. The van der Waals surface area contributed by atoms with Gasteiger partial charge in [0.25, 0.3) is 0 Å². The number of hydrogen-bond donors (Lipinski definition) is 0. The number of likely N-dealkylation sites (tertiary alicyclic amines) is 1. The van der Waals surface area contributed by atoms with Gasteiger partial charge in [-0.1, -0.05) is 5.16 Å². The molecule has 136 valence electrons. The van der Waals surface area contributed by atoms with E-state index in [-0.39, 0.29) is 0 Å². The summed E-state index contributed by atoms with van der Waals surface area (Å²) in [5.41, 5.74) is 4.52. The second-order valence-corrected chi connectivity index (χ2v) is 6.81. The van der Waals surface area contributed by atoms with E-state index in [9.17, 15) is 0 Å². The maximum atomic E-state index is 5.46. The van der Waals surface area contributed by atoms with Crippen molar-refractivity contribution in [2.75, 3.05) is 13.7 Å². The lowest BCUT2D eigenvalue weighted by atomic mass is 10.0. The van der Waals surface area contributed by atoms with Crippen molar-refractivity contribution in [3.63, 3.8) is 0 Å². The third-order valence-corrected chi connectivity index (χ3v) is 5.20. The van der Waals surface area contributed by atoms with Gasteiger partial charge in [0.2, 0.25) is 0 Å². The molecule has 1 saturated heterocycles. The summed E-state index contributed by atoms with van der Waals surface area (Å²) in [6, 6.07) is 8.45. The van der Waals surface area contributed by atoms with Crippen LogP contribution in [0.5, 0.6) is 5.75 Å². The first-order valence-electron chi connectivity index (χ1n) is 9.01. The van der Waals surface area contributed by atoms with Crippen LogP contribution in [0.1, 0.15) is 41.5 Å². The number of hydrogen-bond acceptors (Lipinski definition) is 5. The molecule has 0 N–H and O–H groups in total. The molecule has 3 heterocycles. The van der Waals surface area contributed by atoms with Gasteiger partial charge < -0.3 is 9.26 Å². The van der Waals surface area contributed by atoms with Gasteiger partial charge in [-0.15, -0.1) is 0 Å². The molecule has 2 aromatic heterocycles. The molecule has 0 amide bonds. The highest BCUT2D eigenvalue weighted by molar-refractivity contribution is 5.45. The van der Waals surface area contributed by atoms with Crippen molar-refractivity contribution in [3.8, 4) is 11.4 Å². The maximum Gasteiger partial charge on any atom is 0.138 e. The van der Waals surface area contributed by atoms with Gasteiger partial charge in [0.15, 0.2) is 0 Å². The van der Waals surface area contributed by atoms with Crippen molar-refractivity contribution in [2.24, 2.45) is 0 Å². The van der Waals surface area contributed by atoms with E-state index in [1.807, 2.05) is 36.9 Å². The quantitative estimate of drug-likeness (QED) is 0.699. The normalized spacial score (nSPS) is 17.7. The predicted molar refractivity (Wildman–Crippen MR) is 98.5 cm³/mol. The Bertz CT molecular complexity index is 866. The average Bonchev–Trinajstić information content (AvgIpc) is 3.38. The fraction of sp³-hybridized carbons (Fsp3) is 0.400. The molecule has 0 spiro atoms. The molecule has 0 radical (unpaired) electrons. The summed E-state index contributed by atoms with van der Waals surface area (Å²) in [4.78, 5) is 2.51. The Kier molecular flexibility index (Phi) is 4.51. The summed E-state index contributed by atoms with van der Waals surface area (Å²) in [5.74, 6) is 1.79. The topological polar surface area (TPSA) is 56.3 Å². The summed E-state index contributed by atoms with van der Waals surface area (Å²) >= 11 is 0. The molecule has 0 saturated carbocycles. The van der Waals surface area contributed by atoms with Crippen LogP contribution in [0.3, 0.4) is 0 Å². The molecule has 1 fully saturated rings. The van der Waals surface area contributed by atoms with Crippen LogP contribution in [0.15, 0.2) is 41.2 Å². The molecule has 0 bridgehead atoms. The van der Waals surface area contributed by atoms with Crippen LogP contribution in [0.4, 0.5) is 0 Å². The van der Waals surface area contributed by atoms with E-state index < -0.39 is 0 Å². The van der Waals surface area contributed by atoms with Gasteiger partial charge in [-0.05, 0) is 63.1 Å². The molecule has 1 aliphatic heterocycles. The van der Waals surface area contributed by atoms with E-state index in [2.05, 4.69) is 27.3 Å². The maximum absolute atomic E-state index is 5.46. The zero-order valence-electron chi connectivity index (χ0n) is 15.5. The van der Waals surface area contributed by atoms with Crippen LogP contribution in [0.25, 0.3) is 5.69 Å². The Morgan fingerprint density at radius 3 is 2.88 bits per heavy atom. The molecule has 6 nitrogen and oxygen atoms in total. The largest absolute Gasteiger partial charge is 0.497 e. The zero-order valence-corrected chi connectivity index (χ0v) is 15.5. The van der Waals surface area contributed by atoms with E-state index in [0.717, 1.165) is 42.4 Å². The van der Waals surface area contributed by atoms with E-state index in [1.54, 1.807) is 13.3 Å². The molecule has 3 aromatic rings. The molecular formula is C20H24N4O2. The van der Waals surface area contributed by atoms with Gasteiger partial charge in [0.05, 0.1) is 18.5 Å². The van der Waals surface area contributed by atoms with Gasteiger partial charge in [0.1, 0.15) is 11.5 Å². The first-order chi connectivity index (χ1) is 12.7. The number of aromatic nitrogens is 3. The Morgan fingerprint density at radius 2 is 2.19 bits per heavy atom. The van der Waals surface area contributed by atoms with Crippen molar-refractivity contribution in [1.29, 1.82) is 0 Å². The average molecular weight is 352 g/mol. The first kappa shape index (κ1) is 16.8. The lowest BCUT2D eigenvalue weighted by Gasteiger charge is -2.25. The summed E-state index contributed by atoms with van der Waals surface area (Å²) in [7, 11) is 1.70. The fourth-order valence-corrected chi connectivity index (χ4v) is 3.98. The number of rotatable bonds is 5. The highest BCUT2D eigenvalue weighted by atomic mass is 16.5. The molecule has 1 atom stereocenters. The summed E-state index contributed by atoms with van der Waals surface area (Å²) in [5, 5.41) is 8.56. The summed E-state index contributed by atoms with van der Waals surface area (Å²) < 4.78 is 12.8. The van der Waals surface area contributed by atoms with Gasteiger partial charge in [-0.2, -0.15) is 5.10 Å². The Balaban J connectivity index is 1.68. The van der Waals surface area contributed by atoms with Crippen molar-refractivity contribution >= 4 is 0 Å². The van der Waals surface area contributed by atoms with Crippen molar-refractivity contribution < 1.29 is 9.26 Å². The number of ether oxygens (including phenoxy) is 1. The summed E-state index contributed by atoms with van der Waals surface area (Å²) in [6.07, 6.45) is 6.08. The number of aryl methyl sites for hydroxylation is 2. The second-order valence-electron chi connectivity index (χ2n) is 6.81. The first-order valence-corrected chi connectivity index (χ1v) is 9.01. The highest BCUT2D eigenvalue weighted by Crippen LogP contribution is 2.37. The minimum Gasteiger partial charge on any atom is -0.497 e. The number of nitrogens with zero attached hydrogens (tertiary/aromatic N) is 4. The minimum absolute atomic E-state index is 0.345. The molecule has 26 heavy (non-hydrogen) atoms. The fourth-order valence-electron chi connectivity index (χ4n) is 3.98. The smallest absolute Gasteiger partial charge is 0.138 e. The van der Waals surface area contributed by atoms with Gasteiger partial charge >= 0.3 is 0 Å². The second kappa shape index (κ2) is 6.96. The standard InChI is InChI=1S/C20H24N4O2/c1-14-20(15(2)26-22-14)19-6-4-10-23(19)13-16-12-17(25-3)7-8-18(16)24-11-5-9-21-24/h5,7-9,11-12,19H,4,6,10,13H2,1-3H3/t19-/m0/s1. The number of methoxy groups -OCH3 is 1. The van der Waals surface area contributed by atoms with Gasteiger partial charge in [0, 0.05) is 30.5 Å². The Labute approximate surface area is 153 Å². The molecule has 0 unspecified atom stereocenters. The van der Waals surface area contributed by atoms with Crippen molar-refractivity contribution in [2.45, 2.75) is 39.3 Å². The molecule has 4 rings (SSSR count). The van der Waals surface area contributed by atoms with E-state index in [0.29, 0.717) is 6.04 Å². The molecule has 6 heteroatoms. The Morgan fingerprint density at radius 1 is 1.31 bits per heavy atom. The van der Waals surface area contributed by atoms with E-state index in [4.69, 9.17) is 9.26 Å². The molecule has 1 aromatic carbocycles. The molecular weight excluding hydrogens is 328 g/mol. The third kappa shape index (κ3) is 3.01. The van der Waals surface area contributed by atoms with E-state index in [1.165, 1.54) is 17.5 Å². The van der Waals surface area contributed by atoms with Crippen LogP contribution < -0.4 is 4.74 Å². The monoisotopic (exact) mass is 352 g/mol. The Hall–Kier alpha value is -2.60. The van der Waals surface area contributed by atoms with Crippen molar-refractivity contribution in [3.05, 3.63) is 59.2 Å². The predicted octanol–water partition coefficient (Wildman–Crippen LogP) is 3.82. The van der Waals surface area contributed by atoms with E-state index >= 15 is 0 Å². The molecule has 0 aliphatic carbocycles. The lowest BCUT2D eigenvalue weighted by molar-refractivity contribution is 0.245. The lowest BCUT2D eigenvalue weighted by Crippen LogP contribution is -2.24. The number of benzene rings is 1. The summed E-state index contributed by atoms with van der Waals surface area (Å²) in [6.45, 7) is 5.93. The van der Waals surface area contributed by atoms with Gasteiger partial charge in [-0.3, -0.25) is 4.90 Å². The molecule has 1 aliphatic rings. The minimum atomic E-state index is 0.345. The SMILES string of the molecule is COc1ccc(-n2cccn2)c(CN2CCC[C@H]2c2c(C)noc2C)c1. The van der Waals surface area contributed by atoms with Crippen molar-refractivity contribution in [1.82, 2.24) is 19.8 Å². The van der Waals surface area contributed by atoms with Crippen LogP contribution >= 0.6 is 0 Å². The van der Waals surface area contributed by atoms with Crippen LogP contribution in [0, 0.1) is 13.8 Å². The van der Waals surface area contributed by atoms with Gasteiger partial charge in [-0.25, -0.2) is 4.68 Å². The highest BCUT2D eigenvalue weighted by Gasteiger charge is 2.31. The van der Waals surface area contributed by atoms with Crippen LogP contribution in [-0.2, 0) is 6.54 Å².